The van der Waals surface area contributed by atoms with Crippen molar-refractivity contribution in [2.24, 2.45) is 15.3 Å². The van der Waals surface area contributed by atoms with Gasteiger partial charge in [0.25, 0.3) is 21.7 Å². The Hall–Kier alpha value is -3.71. The van der Waals surface area contributed by atoms with Crippen molar-refractivity contribution in [3.63, 3.8) is 0 Å². The number of aromatic hydroxyl groups is 1. The predicted molar refractivity (Wildman–Crippen MR) is 99.9 cm³/mol. The van der Waals surface area contributed by atoms with Crippen LogP contribution >= 0.6 is 0 Å². The summed E-state index contributed by atoms with van der Waals surface area (Å²) in [6.45, 7) is 1.52. The highest BCUT2D eigenvalue weighted by Crippen LogP contribution is 2.38. The molecule has 0 saturated carbocycles. The lowest BCUT2D eigenvalue weighted by Crippen LogP contribution is -2.29. The number of phenols is 1. The number of carbonyl (C=O) groups excluding carboxylic acids is 1. The molecule has 150 valence electrons. The largest absolute Gasteiger partial charge is 0.504 e. The highest BCUT2D eigenvalue weighted by molar-refractivity contribution is 7.86. The van der Waals surface area contributed by atoms with Crippen LogP contribution in [0.5, 0.6) is 5.75 Å². The summed E-state index contributed by atoms with van der Waals surface area (Å²) in [4.78, 5) is 21.5. The van der Waals surface area contributed by atoms with Crippen molar-refractivity contribution in [2.75, 3.05) is 5.01 Å². The van der Waals surface area contributed by atoms with Crippen molar-refractivity contribution in [3.8, 4) is 5.75 Å². The maximum atomic E-state index is 12.6. The average molecular weight is 419 g/mol. The van der Waals surface area contributed by atoms with Crippen LogP contribution in [0.25, 0.3) is 0 Å². The normalized spacial score (nSPS) is 17.0. The minimum absolute atomic E-state index is 0.266. The lowest BCUT2D eigenvalue weighted by atomic mass is 10.2. The summed E-state index contributed by atoms with van der Waals surface area (Å²) in [5.41, 5.74) is -0.604. The number of nitro groups is 1. The molecule has 0 unspecified atom stereocenters. The Morgan fingerprint density at radius 1 is 1.24 bits per heavy atom. The molecule has 0 saturated heterocycles. The number of rotatable bonds is 5. The lowest BCUT2D eigenvalue weighted by Gasteiger charge is -2.11. The number of carbonyl (C=O) groups is 1. The smallest absolute Gasteiger partial charge is 0.298 e. The van der Waals surface area contributed by atoms with Gasteiger partial charge in [-0.15, -0.1) is 0 Å². The van der Waals surface area contributed by atoms with Gasteiger partial charge in [-0.3, -0.25) is 19.5 Å². The Labute approximate surface area is 163 Å². The Bertz CT molecular complexity index is 1160. The molecule has 0 fully saturated rings. The van der Waals surface area contributed by atoms with Crippen LogP contribution in [0.3, 0.4) is 0 Å². The third-order valence-corrected chi connectivity index (χ3v) is 4.77. The van der Waals surface area contributed by atoms with Crippen molar-refractivity contribution >= 4 is 38.8 Å². The topological polar surface area (TPSA) is 175 Å². The van der Waals surface area contributed by atoms with E-state index in [0.29, 0.717) is 11.8 Å². The first-order valence-electron chi connectivity index (χ1n) is 7.93. The highest BCUT2D eigenvalue weighted by Gasteiger charge is 2.35. The number of anilines is 1. The molecular formula is C16H13N5O7S. The van der Waals surface area contributed by atoms with Crippen molar-refractivity contribution in [1.29, 1.82) is 0 Å². The van der Waals surface area contributed by atoms with Crippen LogP contribution in [0.4, 0.5) is 17.1 Å². The molecule has 1 atom stereocenters. The highest BCUT2D eigenvalue weighted by atomic mass is 32.2. The molecule has 29 heavy (non-hydrogen) atoms. The van der Waals surface area contributed by atoms with Gasteiger partial charge in [0.15, 0.2) is 11.8 Å². The van der Waals surface area contributed by atoms with Crippen LogP contribution in [0.15, 0.2) is 62.7 Å². The molecule has 1 heterocycles. The number of amides is 1. The first-order valence-corrected chi connectivity index (χ1v) is 9.37. The summed E-state index contributed by atoms with van der Waals surface area (Å²) in [5, 5.41) is 33.6. The van der Waals surface area contributed by atoms with E-state index in [-0.39, 0.29) is 5.71 Å². The second kappa shape index (κ2) is 7.37. The maximum Gasteiger partial charge on any atom is 0.298 e. The van der Waals surface area contributed by atoms with E-state index in [2.05, 4.69) is 15.3 Å². The van der Waals surface area contributed by atoms with Crippen molar-refractivity contribution in [3.05, 3.63) is 52.6 Å². The van der Waals surface area contributed by atoms with Crippen LogP contribution in [0.2, 0.25) is 0 Å². The molecule has 0 radical (unpaired) electrons. The summed E-state index contributed by atoms with van der Waals surface area (Å²) < 4.78 is 31.9. The molecule has 0 aliphatic carbocycles. The zero-order valence-corrected chi connectivity index (χ0v) is 15.5. The standard InChI is InChI=1S/C16H13N5O7S/c1-9-14(16(23)20(19-9)10-5-3-2-4-6-10)18-17-12-7-11(21(24)25)8-13(15(12)22)29(26,27)28/h2-8,14,22H,1H3,(H,26,27,28)/t14-/m0/s1. The molecule has 1 amide bonds. The number of non-ortho nitro benzene ring substituents is 1. The minimum Gasteiger partial charge on any atom is -0.504 e. The molecule has 12 nitrogen and oxygen atoms in total. The fraction of sp³-hybridized carbons (Fsp3) is 0.125. The molecule has 2 aromatic carbocycles. The molecule has 1 aliphatic heterocycles. The molecule has 2 N–H and O–H groups in total. The third-order valence-electron chi connectivity index (χ3n) is 3.91. The molecule has 1 aliphatic rings. The SMILES string of the molecule is CC1=NN(c2ccccc2)C(=O)[C@H]1N=Nc1cc([N+](=O)[O-])cc(S(=O)(=O)O)c1O. The molecule has 0 bridgehead atoms. The van der Waals surface area contributed by atoms with E-state index < -0.39 is 49.0 Å². The number of hydrogen-bond acceptors (Lipinski definition) is 9. The fourth-order valence-corrected chi connectivity index (χ4v) is 3.14. The number of benzene rings is 2. The second-order valence-corrected chi connectivity index (χ2v) is 7.28. The van der Waals surface area contributed by atoms with Gasteiger partial charge in [-0.05, 0) is 19.1 Å². The summed E-state index contributed by atoms with van der Waals surface area (Å²) >= 11 is 0. The van der Waals surface area contributed by atoms with Crippen LogP contribution in [-0.2, 0) is 14.9 Å². The number of para-hydroxylation sites is 1. The minimum atomic E-state index is -4.97. The zero-order valence-electron chi connectivity index (χ0n) is 14.7. The van der Waals surface area contributed by atoms with Gasteiger partial charge in [-0.2, -0.15) is 28.8 Å². The van der Waals surface area contributed by atoms with Crippen molar-refractivity contribution in [2.45, 2.75) is 17.9 Å². The number of azo groups is 1. The molecule has 0 aromatic heterocycles. The number of phenolic OH excluding ortho intramolecular Hbond substituents is 1. The first-order chi connectivity index (χ1) is 13.6. The molecule has 2 aromatic rings. The van der Waals surface area contributed by atoms with Gasteiger partial charge in [0.1, 0.15) is 10.6 Å². The Morgan fingerprint density at radius 2 is 1.90 bits per heavy atom. The third kappa shape index (κ3) is 3.95. The van der Waals surface area contributed by atoms with E-state index in [1.165, 1.54) is 6.92 Å². The fourth-order valence-electron chi connectivity index (χ4n) is 2.52. The molecule has 0 spiro atoms. The van der Waals surface area contributed by atoms with Crippen LogP contribution in [-0.4, -0.2) is 40.7 Å². The van der Waals surface area contributed by atoms with Gasteiger partial charge >= 0.3 is 0 Å². The number of nitro benzene ring substituents is 1. The van der Waals surface area contributed by atoms with Crippen molar-refractivity contribution in [1.82, 2.24) is 0 Å². The van der Waals surface area contributed by atoms with E-state index in [4.69, 9.17) is 4.55 Å². The van der Waals surface area contributed by atoms with Gasteiger partial charge in [-0.1, -0.05) is 18.2 Å². The first kappa shape index (κ1) is 20.0. The second-order valence-electron chi connectivity index (χ2n) is 5.89. The van der Waals surface area contributed by atoms with Gasteiger partial charge in [0.05, 0.1) is 16.3 Å². The van der Waals surface area contributed by atoms with Crippen LogP contribution in [0.1, 0.15) is 6.92 Å². The molecular weight excluding hydrogens is 406 g/mol. The summed E-state index contributed by atoms with van der Waals surface area (Å²) in [6.07, 6.45) is 0. The van der Waals surface area contributed by atoms with E-state index in [0.717, 1.165) is 11.1 Å². The Morgan fingerprint density at radius 3 is 2.48 bits per heavy atom. The van der Waals surface area contributed by atoms with Crippen LogP contribution < -0.4 is 5.01 Å². The van der Waals surface area contributed by atoms with E-state index in [1.54, 1.807) is 30.3 Å². The summed E-state index contributed by atoms with van der Waals surface area (Å²) in [7, 11) is -4.97. The monoisotopic (exact) mass is 419 g/mol. The van der Waals surface area contributed by atoms with Crippen LogP contribution in [0, 0.1) is 10.1 Å². The summed E-state index contributed by atoms with van der Waals surface area (Å²) in [5.74, 6) is -1.60. The quantitative estimate of drug-likeness (QED) is 0.323. The number of nitrogens with zero attached hydrogens (tertiary/aromatic N) is 5. The average Bonchev–Trinajstić information content (AvgIpc) is 2.94. The van der Waals surface area contributed by atoms with E-state index in [9.17, 15) is 28.4 Å². The van der Waals surface area contributed by atoms with Gasteiger partial charge in [-0.25, -0.2) is 0 Å². The van der Waals surface area contributed by atoms with Gasteiger partial charge in [0, 0.05) is 12.1 Å². The van der Waals surface area contributed by atoms with E-state index in [1.807, 2.05) is 0 Å². The number of hydrazone groups is 1. The van der Waals surface area contributed by atoms with Crippen molar-refractivity contribution < 1.29 is 27.8 Å². The van der Waals surface area contributed by atoms with Gasteiger partial charge in [0.2, 0.25) is 0 Å². The molecule has 3 rings (SSSR count). The summed E-state index contributed by atoms with van der Waals surface area (Å²) in [6, 6.07) is 8.54. The zero-order chi connectivity index (χ0) is 21.3. The molecule has 13 heteroatoms. The van der Waals surface area contributed by atoms with E-state index >= 15 is 0 Å². The lowest BCUT2D eigenvalue weighted by molar-refractivity contribution is -0.385. The predicted octanol–water partition coefficient (Wildman–Crippen LogP) is 2.42. The Balaban J connectivity index is 1.98. The Kier molecular flexibility index (Phi) is 5.09. The maximum absolute atomic E-state index is 12.6. The number of hydrogen-bond donors (Lipinski definition) is 2. The van der Waals surface area contributed by atoms with Gasteiger partial charge < -0.3 is 5.11 Å².